The molecule has 1 atom stereocenters. The fourth-order valence-corrected chi connectivity index (χ4v) is 4.94. The number of hydrogen-bond donors (Lipinski definition) is 0. The number of anilines is 1. The van der Waals surface area contributed by atoms with Crippen molar-refractivity contribution in [1.82, 2.24) is 0 Å². The van der Waals surface area contributed by atoms with Gasteiger partial charge in [-0.1, -0.05) is 24.3 Å². The summed E-state index contributed by atoms with van der Waals surface area (Å²) in [5, 5.41) is 11.4. The Labute approximate surface area is 195 Å². The maximum Gasteiger partial charge on any atom is 0.274 e. The lowest BCUT2D eigenvalue weighted by Gasteiger charge is -2.47. The van der Waals surface area contributed by atoms with Crippen molar-refractivity contribution in [2.24, 2.45) is 0 Å². The average Bonchev–Trinajstić information content (AvgIpc) is 2.98. The molecular formula is C26H22F2N2O4. The molecule has 34 heavy (non-hydrogen) atoms. The van der Waals surface area contributed by atoms with Gasteiger partial charge in [0.1, 0.15) is 11.6 Å². The summed E-state index contributed by atoms with van der Waals surface area (Å²) in [6.07, 6.45) is 3.62. The zero-order valence-corrected chi connectivity index (χ0v) is 18.8. The normalized spacial score (nSPS) is 19.5. The second-order valence-corrected chi connectivity index (χ2v) is 8.92. The smallest absolute Gasteiger partial charge is 0.274 e. The summed E-state index contributed by atoms with van der Waals surface area (Å²) in [5.74, 6) is -0.702. The standard InChI is InChI=1S/C26H22F2N2O4/c1-25(2)20-6-4-5-7-22(20)29(15-17-8-9-18(27)13-21(17)28)26(25)11-10-16-12-19(30(31)32)14-23(33-3)24(16)34-26/h4-14H,15H2,1-3H3. The number of rotatable bonds is 4. The molecule has 6 nitrogen and oxygen atoms in total. The first kappa shape index (κ1) is 21.9. The number of nitro groups is 1. The molecule has 0 aliphatic carbocycles. The fraction of sp³-hybridized carbons (Fsp3) is 0.231. The van der Waals surface area contributed by atoms with Gasteiger partial charge in [0.05, 0.1) is 23.5 Å². The molecule has 0 bridgehead atoms. The van der Waals surface area contributed by atoms with Crippen LogP contribution in [0, 0.1) is 21.7 Å². The minimum atomic E-state index is -1.10. The Kier molecular flexibility index (Phi) is 4.86. The average molecular weight is 464 g/mol. The van der Waals surface area contributed by atoms with Crippen molar-refractivity contribution in [1.29, 1.82) is 0 Å². The summed E-state index contributed by atoms with van der Waals surface area (Å²) in [5.41, 5.74) is 0.841. The van der Waals surface area contributed by atoms with E-state index in [4.69, 9.17) is 9.47 Å². The molecular weight excluding hydrogens is 442 g/mol. The van der Waals surface area contributed by atoms with Crippen molar-refractivity contribution in [2.45, 2.75) is 31.5 Å². The fourth-order valence-electron chi connectivity index (χ4n) is 4.94. The van der Waals surface area contributed by atoms with Crippen LogP contribution in [0.2, 0.25) is 0 Å². The molecule has 174 valence electrons. The van der Waals surface area contributed by atoms with Crippen molar-refractivity contribution < 1.29 is 23.2 Å². The van der Waals surface area contributed by atoms with Crippen molar-refractivity contribution in [3.63, 3.8) is 0 Å². The molecule has 0 amide bonds. The van der Waals surface area contributed by atoms with E-state index < -0.39 is 27.7 Å². The number of non-ortho nitro benzene ring substituents is 1. The van der Waals surface area contributed by atoms with Gasteiger partial charge in [-0.05, 0) is 43.7 Å². The third-order valence-electron chi connectivity index (χ3n) is 6.75. The van der Waals surface area contributed by atoms with E-state index in [-0.39, 0.29) is 18.0 Å². The highest BCUT2D eigenvalue weighted by atomic mass is 19.1. The van der Waals surface area contributed by atoms with Gasteiger partial charge in [-0.15, -0.1) is 0 Å². The molecule has 0 saturated heterocycles. The highest BCUT2D eigenvalue weighted by Gasteiger charge is 2.59. The summed E-state index contributed by atoms with van der Waals surface area (Å²) in [7, 11) is 1.42. The third kappa shape index (κ3) is 3.05. The van der Waals surface area contributed by atoms with Crippen LogP contribution >= 0.6 is 0 Å². The quantitative estimate of drug-likeness (QED) is 0.351. The van der Waals surface area contributed by atoms with Crippen LogP contribution in [-0.4, -0.2) is 17.8 Å². The zero-order chi connectivity index (χ0) is 24.3. The second kappa shape index (κ2) is 7.55. The van der Waals surface area contributed by atoms with Crippen LogP contribution in [0.15, 0.2) is 60.7 Å². The summed E-state index contributed by atoms with van der Waals surface area (Å²) >= 11 is 0. The number of halogens is 2. The molecule has 0 N–H and O–H groups in total. The Morgan fingerprint density at radius 1 is 1.12 bits per heavy atom. The van der Waals surface area contributed by atoms with E-state index >= 15 is 0 Å². The topological polar surface area (TPSA) is 64.8 Å². The van der Waals surface area contributed by atoms with Crippen molar-refractivity contribution in [3.8, 4) is 11.5 Å². The Morgan fingerprint density at radius 3 is 2.59 bits per heavy atom. The first-order valence-electron chi connectivity index (χ1n) is 10.7. The maximum absolute atomic E-state index is 14.7. The number of hydrogen-bond acceptors (Lipinski definition) is 5. The predicted octanol–water partition coefficient (Wildman–Crippen LogP) is 5.98. The lowest BCUT2D eigenvalue weighted by molar-refractivity contribution is -0.385. The SMILES string of the molecule is COc1cc([N+](=O)[O-])cc2c1OC1(C=C2)N(Cc2ccc(F)cc2F)c2ccccc2C1(C)C. The molecule has 8 heteroatoms. The lowest BCUT2D eigenvalue weighted by Crippen LogP contribution is -2.59. The largest absolute Gasteiger partial charge is 0.493 e. The highest BCUT2D eigenvalue weighted by molar-refractivity contribution is 5.75. The summed E-state index contributed by atoms with van der Waals surface area (Å²) in [6.45, 7) is 4.17. The van der Waals surface area contributed by atoms with Crippen molar-refractivity contribution in [3.05, 3.63) is 99.1 Å². The number of nitro benzene ring substituents is 1. The van der Waals surface area contributed by atoms with Gasteiger partial charge in [0.2, 0.25) is 5.72 Å². The first-order valence-corrected chi connectivity index (χ1v) is 10.7. The number of methoxy groups -OCH3 is 1. The molecule has 1 spiro atoms. The van der Waals surface area contributed by atoms with Crippen LogP contribution in [0.3, 0.4) is 0 Å². The molecule has 2 aliphatic heterocycles. The van der Waals surface area contributed by atoms with E-state index in [9.17, 15) is 18.9 Å². The van der Waals surface area contributed by atoms with E-state index in [0.29, 0.717) is 16.9 Å². The molecule has 0 radical (unpaired) electrons. The van der Waals surface area contributed by atoms with Crippen LogP contribution in [0.4, 0.5) is 20.2 Å². The Morgan fingerprint density at radius 2 is 1.88 bits per heavy atom. The Balaban J connectivity index is 1.69. The van der Waals surface area contributed by atoms with Crippen LogP contribution in [0.5, 0.6) is 11.5 Å². The number of ether oxygens (including phenoxy) is 2. The Hall–Kier alpha value is -3.94. The van der Waals surface area contributed by atoms with Crippen LogP contribution in [0.25, 0.3) is 6.08 Å². The number of para-hydroxylation sites is 1. The zero-order valence-electron chi connectivity index (χ0n) is 18.8. The summed E-state index contributed by atoms with van der Waals surface area (Å²) in [4.78, 5) is 12.8. The van der Waals surface area contributed by atoms with E-state index in [2.05, 4.69) is 0 Å². The minimum Gasteiger partial charge on any atom is -0.493 e. The van der Waals surface area contributed by atoms with E-state index in [1.54, 1.807) is 6.08 Å². The van der Waals surface area contributed by atoms with E-state index in [1.807, 2.05) is 49.1 Å². The summed E-state index contributed by atoms with van der Waals surface area (Å²) < 4.78 is 40.4. The molecule has 3 aromatic carbocycles. The number of benzene rings is 3. The lowest BCUT2D eigenvalue weighted by atomic mass is 9.76. The van der Waals surface area contributed by atoms with Crippen LogP contribution in [-0.2, 0) is 12.0 Å². The summed E-state index contributed by atoms with van der Waals surface area (Å²) in [6, 6.07) is 14.0. The van der Waals surface area contributed by atoms with Gasteiger partial charge in [-0.3, -0.25) is 10.1 Å². The molecule has 1 unspecified atom stereocenters. The molecule has 0 aromatic heterocycles. The van der Waals surface area contributed by atoms with Gasteiger partial charge in [0, 0.05) is 35.5 Å². The van der Waals surface area contributed by atoms with Gasteiger partial charge in [0.25, 0.3) is 5.69 Å². The third-order valence-corrected chi connectivity index (χ3v) is 6.75. The second-order valence-electron chi connectivity index (χ2n) is 8.92. The molecule has 3 aromatic rings. The van der Waals surface area contributed by atoms with Gasteiger partial charge < -0.3 is 14.4 Å². The van der Waals surface area contributed by atoms with Crippen molar-refractivity contribution >= 4 is 17.5 Å². The molecule has 2 heterocycles. The van der Waals surface area contributed by atoms with E-state index in [0.717, 1.165) is 17.3 Å². The molecule has 0 fully saturated rings. The van der Waals surface area contributed by atoms with E-state index in [1.165, 1.54) is 31.4 Å². The number of nitrogens with zero attached hydrogens (tertiary/aromatic N) is 2. The number of fused-ring (bicyclic) bond motifs is 2. The van der Waals surface area contributed by atoms with Gasteiger partial charge in [0.15, 0.2) is 11.5 Å². The minimum absolute atomic E-state index is 0.112. The van der Waals surface area contributed by atoms with Crippen LogP contribution in [0.1, 0.15) is 30.5 Å². The first-order chi connectivity index (χ1) is 16.2. The molecule has 5 rings (SSSR count). The highest BCUT2D eigenvalue weighted by Crippen LogP contribution is 2.56. The maximum atomic E-state index is 14.7. The Bertz CT molecular complexity index is 1350. The van der Waals surface area contributed by atoms with Crippen LogP contribution < -0.4 is 14.4 Å². The van der Waals surface area contributed by atoms with Crippen molar-refractivity contribution in [2.75, 3.05) is 12.0 Å². The monoisotopic (exact) mass is 464 g/mol. The van der Waals surface area contributed by atoms with Gasteiger partial charge in [-0.2, -0.15) is 0 Å². The predicted molar refractivity (Wildman–Crippen MR) is 124 cm³/mol. The molecule has 2 aliphatic rings. The van der Waals surface area contributed by atoms with Gasteiger partial charge >= 0.3 is 0 Å². The molecule has 0 saturated carbocycles. The van der Waals surface area contributed by atoms with Gasteiger partial charge in [-0.25, -0.2) is 8.78 Å².